The Bertz CT molecular complexity index is 394. The molecule has 1 heterocycles. The smallest absolute Gasteiger partial charge is 0.150 e. The molecule has 1 aromatic carbocycles. The zero-order valence-corrected chi connectivity index (χ0v) is 9.93. The molecule has 0 radical (unpaired) electrons. The van der Waals surface area contributed by atoms with E-state index in [1.807, 2.05) is 0 Å². The molecule has 0 amide bonds. The van der Waals surface area contributed by atoms with E-state index >= 15 is 0 Å². The third-order valence-electron chi connectivity index (χ3n) is 2.59. The number of carbonyl (C=O) groups excluding carboxylic acids is 1. The molecule has 1 fully saturated rings. The lowest BCUT2D eigenvalue weighted by Gasteiger charge is -2.10. The van der Waals surface area contributed by atoms with Crippen LogP contribution in [0.15, 0.2) is 17.0 Å². The Morgan fingerprint density at radius 1 is 1.41 bits per heavy atom. The van der Waals surface area contributed by atoms with E-state index < -0.39 is 11.6 Å². The molecule has 0 saturated carbocycles. The lowest BCUT2D eigenvalue weighted by molar-refractivity contribution is 0.112. The summed E-state index contributed by atoms with van der Waals surface area (Å²) in [5.74, 6) is -0.834. The number of benzene rings is 1. The number of thioether (sulfide) groups is 1. The number of rotatable bonds is 4. The molecule has 2 nitrogen and oxygen atoms in total. The van der Waals surface area contributed by atoms with Gasteiger partial charge in [0.2, 0.25) is 0 Å². The van der Waals surface area contributed by atoms with Gasteiger partial charge in [0.1, 0.15) is 17.9 Å². The van der Waals surface area contributed by atoms with Gasteiger partial charge in [0.15, 0.2) is 0 Å². The van der Waals surface area contributed by atoms with Crippen molar-refractivity contribution in [2.45, 2.75) is 23.8 Å². The Labute approximate surface area is 102 Å². The van der Waals surface area contributed by atoms with Gasteiger partial charge in [-0.2, -0.15) is 0 Å². The average molecular weight is 258 g/mol. The third kappa shape index (κ3) is 3.04. The van der Waals surface area contributed by atoms with Gasteiger partial charge in [-0.05, 0) is 25.0 Å². The van der Waals surface area contributed by atoms with Crippen LogP contribution in [0.5, 0.6) is 0 Å². The van der Waals surface area contributed by atoms with Gasteiger partial charge in [0.25, 0.3) is 0 Å². The van der Waals surface area contributed by atoms with Crippen LogP contribution in [-0.4, -0.2) is 24.7 Å². The second kappa shape index (κ2) is 5.60. The first-order valence-electron chi connectivity index (χ1n) is 5.39. The monoisotopic (exact) mass is 258 g/mol. The third-order valence-corrected chi connectivity index (χ3v) is 3.81. The molecule has 1 saturated heterocycles. The fraction of sp³-hybridized carbons (Fsp3) is 0.417. The summed E-state index contributed by atoms with van der Waals surface area (Å²) in [6, 6.07) is 2.10. The highest BCUT2D eigenvalue weighted by molar-refractivity contribution is 7.99. The molecule has 17 heavy (non-hydrogen) atoms. The number of aldehydes is 1. The molecule has 1 unspecified atom stereocenters. The minimum Gasteiger partial charge on any atom is -0.377 e. The topological polar surface area (TPSA) is 26.3 Å². The zero-order valence-electron chi connectivity index (χ0n) is 9.12. The van der Waals surface area contributed by atoms with Crippen LogP contribution in [0.4, 0.5) is 8.78 Å². The molecule has 5 heteroatoms. The number of hydrogen-bond donors (Lipinski definition) is 0. The summed E-state index contributed by atoms with van der Waals surface area (Å²) in [6.07, 6.45) is 2.44. The number of carbonyl (C=O) groups is 1. The molecule has 92 valence electrons. The largest absolute Gasteiger partial charge is 0.377 e. The van der Waals surface area contributed by atoms with Crippen molar-refractivity contribution in [3.8, 4) is 0 Å². The van der Waals surface area contributed by atoms with Gasteiger partial charge >= 0.3 is 0 Å². The Hall–Kier alpha value is -0.940. The van der Waals surface area contributed by atoms with Crippen LogP contribution < -0.4 is 0 Å². The van der Waals surface area contributed by atoms with Gasteiger partial charge in [-0.1, -0.05) is 0 Å². The second-order valence-electron chi connectivity index (χ2n) is 3.88. The van der Waals surface area contributed by atoms with E-state index in [0.29, 0.717) is 12.0 Å². The molecule has 1 aliphatic heterocycles. The fourth-order valence-electron chi connectivity index (χ4n) is 1.74. The van der Waals surface area contributed by atoms with Crippen molar-refractivity contribution in [2.75, 3.05) is 12.4 Å². The van der Waals surface area contributed by atoms with E-state index in [0.717, 1.165) is 43.3 Å². The first-order valence-corrected chi connectivity index (χ1v) is 6.38. The SMILES string of the molecule is O=Cc1cc(F)c(SCC2CCCO2)c(F)c1. The van der Waals surface area contributed by atoms with Crippen LogP contribution in [0, 0.1) is 11.6 Å². The highest BCUT2D eigenvalue weighted by atomic mass is 32.2. The van der Waals surface area contributed by atoms with Gasteiger partial charge in [-0.3, -0.25) is 4.79 Å². The maximum atomic E-state index is 13.5. The minimum atomic E-state index is -0.685. The van der Waals surface area contributed by atoms with Crippen LogP contribution in [0.2, 0.25) is 0 Å². The molecule has 0 N–H and O–H groups in total. The maximum absolute atomic E-state index is 13.5. The van der Waals surface area contributed by atoms with Crippen molar-refractivity contribution >= 4 is 18.0 Å². The number of halogens is 2. The average Bonchev–Trinajstić information content (AvgIpc) is 2.80. The molecule has 0 spiro atoms. The van der Waals surface area contributed by atoms with E-state index in [-0.39, 0.29) is 16.6 Å². The fourth-order valence-corrected chi connectivity index (χ4v) is 2.75. The van der Waals surface area contributed by atoms with E-state index in [9.17, 15) is 13.6 Å². The normalized spacial score (nSPS) is 19.5. The standard InChI is InChI=1S/C12H12F2O2S/c13-10-4-8(6-15)5-11(14)12(10)17-7-9-2-1-3-16-9/h4-6,9H,1-3,7H2. The Kier molecular flexibility index (Phi) is 4.12. The van der Waals surface area contributed by atoms with Gasteiger partial charge in [-0.15, -0.1) is 11.8 Å². The molecule has 0 aliphatic carbocycles. The predicted molar refractivity (Wildman–Crippen MR) is 61.4 cm³/mol. The minimum absolute atomic E-state index is 0.0152. The van der Waals surface area contributed by atoms with Crippen LogP contribution in [0.3, 0.4) is 0 Å². The zero-order chi connectivity index (χ0) is 12.3. The lowest BCUT2D eigenvalue weighted by atomic mass is 10.2. The van der Waals surface area contributed by atoms with Crippen molar-refractivity contribution in [3.05, 3.63) is 29.3 Å². The molecular formula is C12H12F2O2S. The first kappa shape index (κ1) is 12.5. The van der Waals surface area contributed by atoms with Crippen molar-refractivity contribution in [2.24, 2.45) is 0 Å². The summed E-state index contributed by atoms with van der Waals surface area (Å²) in [7, 11) is 0. The Morgan fingerprint density at radius 2 is 2.12 bits per heavy atom. The van der Waals surface area contributed by atoms with Crippen LogP contribution in [-0.2, 0) is 4.74 Å². The quantitative estimate of drug-likeness (QED) is 0.613. The van der Waals surface area contributed by atoms with Crippen LogP contribution in [0.25, 0.3) is 0 Å². The molecule has 1 atom stereocenters. The van der Waals surface area contributed by atoms with E-state index in [1.54, 1.807) is 0 Å². The van der Waals surface area contributed by atoms with Crippen LogP contribution >= 0.6 is 11.8 Å². The Balaban J connectivity index is 2.06. The van der Waals surface area contributed by atoms with Crippen molar-refractivity contribution < 1.29 is 18.3 Å². The van der Waals surface area contributed by atoms with Crippen molar-refractivity contribution in [3.63, 3.8) is 0 Å². The summed E-state index contributed by atoms with van der Waals surface area (Å²) < 4.78 is 32.4. The van der Waals surface area contributed by atoms with E-state index in [1.165, 1.54) is 0 Å². The second-order valence-corrected chi connectivity index (χ2v) is 4.91. The number of hydrogen-bond acceptors (Lipinski definition) is 3. The van der Waals surface area contributed by atoms with Crippen LogP contribution in [0.1, 0.15) is 23.2 Å². The highest BCUT2D eigenvalue weighted by Gasteiger charge is 2.18. The summed E-state index contributed by atoms with van der Waals surface area (Å²) in [4.78, 5) is 10.4. The molecule has 0 bridgehead atoms. The summed E-state index contributed by atoms with van der Waals surface area (Å²) >= 11 is 1.10. The lowest BCUT2D eigenvalue weighted by Crippen LogP contribution is -2.08. The van der Waals surface area contributed by atoms with Gasteiger partial charge < -0.3 is 4.74 Å². The number of ether oxygens (including phenoxy) is 1. The molecule has 0 aromatic heterocycles. The Morgan fingerprint density at radius 3 is 2.65 bits per heavy atom. The summed E-state index contributed by atoms with van der Waals surface area (Å²) in [5.41, 5.74) is 0.0152. The molecular weight excluding hydrogens is 246 g/mol. The maximum Gasteiger partial charge on any atom is 0.150 e. The molecule has 2 rings (SSSR count). The molecule has 1 aromatic rings. The highest BCUT2D eigenvalue weighted by Crippen LogP contribution is 2.29. The molecule has 1 aliphatic rings. The van der Waals surface area contributed by atoms with Gasteiger partial charge in [0.05, 0.1) is 11.0 Å². The van der Waals surface area contributed by atoms with Crippen molar-refractivity contribution in [1.82, 2.24) is 0 Å². The first-order chi connectivity index (χ1) is 8.20. The van der Waals surface area contributed by atoms with E-state index in [4.69, 9.17) is 4.74 Å². The predicted octanol–water partition coefficient (Wildman–Crippen LogP) is 3.05. The summed E-state index contributed by atoms with van der Waals surface area (Å²) in [5, 5.41) is 0. The van der Waals surface area contributed by atoms with Gasteiger partial charge in [0, 0.05) is 17.9 Å². The summed E-state index contributed by atoms with van der Waals surface area (Å²) in [6.45, 7) is 0.722. The van der Waals surface area contributed by atoms with Gasteiger partial charge in [-0.25, -0.2) is 8.78 Å². The van der Waals surface area contributed by atoms with E-state index in [2.05, 4.69) is 0 Å². The van der Waals surface area contributed by atoms with Crippen molar-refractivity contribution in [1.29, 1.82) is 0 Å².